The van der Waals surface area contributed by atoms with E-state index in [4.69, 9.17) is 0 Å². The van der Waals surface area contributed by atoms with Crippen LogP contribution >= 0.6 is 0 Å². The zero-order valence-electron chi connectivity index (χ0n) is 29.1. The molecular formula is C37H73NO5S. The molecule has 0 aliphatic rings. The van der Waals surface area contributed by atoms with E-state index in [9.17, 15) is 22.9 Å². The Morgan fingerprint density at radius 2 is 0.955 bits per heavy atom. The summed E-state index contributed by atoms with van der Waals surface area (Å²) in [5.41, 5.74) is 0. The maximum absolute atomic E-state index is 12.4. The van der Waals surface area contributed by atoms with Gasteiger partial charge in [0.1, 0.15) is 0 Å². The number of amides is 1. The molecule has 6 nitrogen and oxygen atoms in total. The van der Waals surface area contributed by atoms with E-state index in [0.717, 1.165) is 38.5 Å². The van der Waals surface area contributed by atoms with E-state index in [0.29, 0.717) is 12.8 Å². The van der Waals surface area contributed by atoms with Crippen LogP contribution in [0.2, 0.25) is 0 Å². The van der Waals surface area contributed by atoms with Crippen LogP contribution in [0, 0.1) is 0 Å². The summed E-state index contributed by atoms with van der Waals surface area (Å²) in [6.07, 6.45) is 37.5. The monoisotopic (exact) mass is 644 g/mol. The van der Waals surface area contributed by atoms with Crippen LogP contribution in [0.5, 0.6) is 0 Å². The molecule has 3 N–H and O–H groups in total. The first-order valence-corrected chi connectivity index (χ1v) is 20.5. The summed E-state index contributed by atoms with van der Waals surface area (Å²) in [6, 6.07) is -0.965. The summed E-state index contributed by atoms with van der Waals surface area (Å²) in [6.45, 7) is 4.47. The second-order valence-electron chi connectivity index (χ2n) is 13.2. The third-order valence-electron chi connectivity index (χ3n) is 8.72. The van der Waals surface area contributed by atoms with Crippen molar-refractivity contribution >= 4 is 16.0 Å². The average Bonchev–Trinajstić information content (AvgIpc) is 2.98. The van der Waals surface area contributed by atoms with Crippen LogP contribution in [-0.2, 0) is 14.9 Å². The molecule has 0 spiro atoms. The van der Waals surface area contributed by atoms with E-state index in [-0.39, 0.29) is 5.91 Å². The predicted octanol–water partition coefficient (Wildman–Crippen LogP) is 10.6. The van der Waals surface area contributed by atoms with Crippen LogP contribution in [0.25, 0.3) is 0 Å². The van der Waals surface area contributed by atoms with Crippen molar-refractivity contribution in [3.8, 4) is 0 Å². The maximum atomic E-state index is 12.4. The molecule has 0 heterocycles. The van der Waals surface area contributed by atoms with Crippen molar-refractivity contribution in [3.05, 3.63) is 12.2 Å². The number of aliphatic hydroxyl groups is 1. The zero-order chi connectivity index (χ0) is 32.6. The highest BCUT2D eigenvalue weighted by molar-refractivity contribution is 7.85. The number of rotatable bonds is 34. The molecule has 0 fully saturated rings. The Morgan fingerprint density at radius 3 is 1.36 bits per heavy atom. The maximum Gasteiger partial charge on any atom is 0.266 e. The minimum atomic E-state index is -4.30. The molecule has 0 radical (unpaired) electrons. The molecule has 0 rings (SSSR count). The number of unbranched alkanes of at least 4 members (excludes halogenated alkanes) is 24. The van der Waals surface area contributed by atoms with Gasteiger partial charge in [-0.2, -0.15) is 8.42 Å². The molecule has 0 bridgehead atoms. The summed E-state index contributed by atoms with van der Waals surface area (Å²) in [7, 11) is -4.30. The average molecular weight is 644 g/mol. The molecule has 0 aliphatic carbocycles. The molecule has 0 aromatic carbocycles. The van der Waals surface area contributed by atoms with Crippen LogP contribution in [0.4, 0.5) is 0 Å². The fourth-order valence-corrected chi connectivity index (χ4v) is 6.62. The first kappa shape index (κ1) is 43.1. The van der Waals surface area contributed by atoms with Crippen LogP contribution < -0.4 is 5.32 Å². The minimum absolute atomic E-state index is 0.250. The highest BCUT2D eigenvalue weighted by Crippen LogP contribution is 2.15. The quantitative estimate of drug-likeness (QED) is 0.0368. The van der Waals surface area contributed by atoms with Gasteiger partial charge in [-0.3, -0.25) is 9.35 Å². The lowest BCUT2D eigenvalue weighted by Gasteiger charge is -2.23. The van der Waals surface area contributed by atoms with E-state index in [2.05, 4.69) is 31.3 Å². The number of hydrogen-bond acceptors (Lipinski definition) is 4. The fourth-order valence-electron chi connectivity index (χ4n) is 5.86. The standard InChI is InChI=1S/C37H73NO5S/c1-3-5-7-9-11-13-14-15-16-17-18-19-20-21-22-23-24-25-27-29-31-33-37(40)38-35(34-44(41,42)43)36(39)32-30-28-26-12-10-8-6-4-2/h17-18,35-36,39H,3-16,19-34H2,1-2H3,(H,38,40)(H,41,42,43)/b18-17-. The third-order valence-corrected chi connectivity index (χ3v) is 9.50. The first-order valence-electron chi connectivity index (χ1n) is 18.9. The molecule has 2 atom stereocenters. The molecule has 0 aliphatic heterocycles. The summed E-state index contributed by atoms with van der Waals surface area (Å²) in [4.78, 5) is 12.4. The zero-order valence-corrected chi connectivity index (χ0v) is 29.9. The Hall–Kier alpha value is -0.920. The lowest BCUT2D eigenvalue weighted by atomic mass is 10.0. The van der Waals surface area contributed by atoms with Gasteiger partial charge in [0, 0.05) is 6.42 Å². The summed E-state index contributed by atoms with van der Waals surface area (Å²) >= 11 is 0. The van der Waals surface area contributed by atoms with Crippen molar-refractivity contribution < 1.29 is 22.9 Å². The number of allylic oxidation sites excluding steroid dienone is 2. The van der Waals surface area contributed by atoms with Crippen LogP contribution in [-0.4, -0.2) is 41.9 Å². The van der Waals surface area contributed by atoms with Gasteiger partial charge < -0.3 is 10.4 Å². The molecule has 7 heteroatoms. The van der Waals surface area contributed by atoms with Crippen molar-refractivity contribution in [3.63, 3.8) is 0 Å². The van der Waals surface area contributed by atoms with Crippen molar-refractivity contribution in [2.75, 3.05) is 5.75 Å². The van der Waals surface area contributed by atoms with Gasteiger partial charge in [0.25, 0.3) is 10.1 Å². The number of hydrogen-bond donors (Lipinski definition) is 3. The second kappa shape index (κ2) is 32.0. The lowest BCUT2D eigenvalue weighted by Crippen LogP contribution is -2.47. The van der Waals surface area contributed by atoms with E-state index < -0.39 is 28.0 Å². The summed E-state index contributed by atoms with van der Waals surface area (Å²) in [5.74, 6) is -0.896. The topological polar surface area (TPSA) is 104 Å². The van der Waals surface area contributed by atoms with Gasteiger partial charge in [0.05, 0.1) is 17.9 Å². The molecule has 0 saturated heterocycles. The van der Waals surface area contributed by atoms with E-state index in [1.54, 1.807) is 0 Å². The number of carbonyl (C=O) groups excluding carboxylic acids is 1. The number of nitrogens with one attached hydrogen (secondary N) is 1. The molecule has 262 valence electrons. The van der Waals surface area contributed by atoms with Gasteiger partial charge in [-0.25, -0.2) is 0 Å². The van der Waals surface area contributed by atoms with Crippen LogP contribution in [0.15, 0.2) is 12.2 Å². The van der Waals surface area contributed by atoms with Crippen LogP contribution in [0.3, 0.4) is 0 Å². The molecule has 0 saturated carbocycles. The number of aliphatic hydroxyl groups excluding tert-OH is 1. The molecule has 2 unspecified atom stereocenters. The van der Waals surface area contributed by atoms with Gasteiger partial charge in [0.2, 0.25) is 5.91 Å². The van der Waals surface area contributed by atoms with E-state index in [1.165, 1.54) is 135 Å². The summed E-state index contributed by atoms with van der Waals surface area (Å²) in [5, 5.41) is 13.2. The Bertz CT molecular complexity index is 755. The fraction of sp³-hybridized carbons (Fsp3) is 0.919. The molecule has 1 amide bonds. The van der Waals surface area contributed by atoms with Crippen LogP contribution in [0.1, 0.15) is 200 Å². The van der Waals surface area contributed by atoms with Gasteiger partial charge in [-0.05, 0) is 38.5 Å². The highest BCUT2D eigenvalue weighted by Gasteiger charge is 2.26. The van der Waals surface area contributed by atoms with Crippen molar-refractivity contribution in [1.29, 1.82) is 0 Å². The van der Waals surface area contributed by atoms with E-state index in [1.807, 2.05) is 0 Å². The van der Waals surface area contributed by atoms with Crippen molar-refractivity contribution in [2.24, 2.45) is 0 Å². The molecule has 0 aromatic heterocycles. The summed E-state index contributed by atoms with van der Waals surface area (Å²) < 4.78 is 32.3. The lowest BCUT2D eigenvalue weighted by molar-refractivity contribution is -0.122. The van der Waals surface area contributed by atoms with E-state index >= 15 is 0 Å². The third kappa shape index (κ3) is 32.5. The smallest absolute Gasteiger partial charge is 0.266 e. The van der Waals surface area contributed by atoms with Crippen molar-refractivity contribution in [1.82, 2.24) is 5.32 Å². The molecule has 44 heavy (non-hydrogen) atoms. The van der Waals surface area contributed by atoms with Crippen molar-refractivity contribution in [2.45, 2.75) is 212 Å². The number of carbonyl (C=O) groups is 1. The predicted molar refractivity (Wildman–Crippen MR) is 189 cm³/mol. The SMILES string of the molecule is CCCCCCCCCC/C=C\CCCCCCCCCCCC(=O)NC(CS(=O)(=O)O)C(O)CCCCCCCCCC. The van der Waals surface area contributed by atoms with Gasteiger partial charge in [-0.15, -0.1) is 0 Å². The Kier molecular flexibility index (Phi) is 31.4. The molecular weight excluding hydrogens is 570 g/mol. The Morgan fingerprint density at radius 1 is 0.591 bits per heavy atom. The Balaban J connectivity index is 3.77. The van der Waals surface area contributed by atoms with Gasteiger partial charge >= 0.3 is 0 Å². The second-order valence-corrected chi connectivity index (χ2v) is 14.7. The molecule has 0 aromatic rings. The normalized spacial score (nSPS) is 13.5. The van der Waals surface area contributed by atoms with Gasteiger partial charge in [0.15, 0.2) is 0 Å². The Labute approximate surface area is 273 Å². The first-order chi connectivity index (χ1) is 21.3. The highest BCUT2D eigenvalue weighted by atomic mass is 32.2. The van der Waals surface area contributed by atoms with Gasteiger partial charge in [-0.1, -0.05) is 167 Å². The minimum Gasteiger partial charge on any atom is -0.391 e. The largest absolute Gasteiger partial charge is 0.391 e.